The molecule has 0 aromatic heterocycles. The van der Waals surface area contributed by atoms with Gasteiger partial charge in [-0.05, 0) is 37.5 Å². The molecule has 0 saturated heterocycles. The summed E-state index contributed by atoms with van der Waals surface area (Å²) < 4.78 is 23.0. The van der Waals surface area contributed by atoms with Crippen LogP contribution in [0.1, 0.15) is 37.7 Å². The molecule has 1 saturated carbocycles. The zero-order valence-electron chi connectivity index (χ0n) is 12.1. The van der Waals surface area contributed by atoms with Gasteiger partial charge in [0, 0.05) is 5.69 Å². The number of nitrogens with two attached hydrogens (primary N) is 2. The van der Waals surface area contributed by atoms with Crippen molar-refractivity contribution in [3.8, 4) is 0 Å². The number of benzene rings is 1. The van der Waals surface area contributed by atoms with E-state index >= 15 is 0 Å². The maximum Gasteiger partial charge on any atom is 0.244 e. The van der Waals surface area contributed by atoms with Crippen LogP contribution in [0, 0.1) is 6.92 Å². The third kappa shape index (κ3) is 3.61. The van der Waals surface area contributed by atoms with Gasteiger partial charge in [-0.15, -0.1) is 0 Å². The first-order chi connectivity index (χ1) is 9.72. The number of rotatable bonds is 3. The van der Waals surface area contributed by atoms with Crippen molar-refractivity contribution in [3.63, 3.8) is 0 Å². The Hall–Kier alpha value is -1.44. The summed E-state index contributed by atoms with van der Waals surface area (Å²) in [5, 5.41) is 7.87. The molecule has 0 unspecified atom stereocenters. The Kier molecular flexibility index (Phi) is 4.36. The largest absolute Gasteiger partial charge is 0.324 e. The molecule has 0 bridgehead atoms. The van der Waals surface area contributed by atoms with E-state index < -0.39 is 15.6 Å². The van der Waals surface area contributed by atoms with Crippen LogP contribution in [0.25, 0.3) is 0 Å². The Bertz CT molecular complexity index is 649. The van der Waals surface area contributed by atoms with Crippen molar-refractivity contribution in [3.05, 3.63) is 23.8 Å². The lowest BCUT2D eigenvalue weighted by Crippen LogP contribution is -2.52. The van der Waals surface area contributed by atoms with Crippen LogP contribution in [-0.2, 0) is 14.8 Å². The van der Waals surface area contributed by atoms with Crippen LogP contribution in [0.5, 0.6) is 0 Å². The van der Waals surface area contributed by atoms with E-state index in [9.17, 15) is 13.2 Å². The number of primary sulfonamides is 1. The highest BCUT2D eigenvalue weighted by atomic mass is 32.2. The topological polar surface area (TPSA) is 115 Å². The smallest absolute Gasteiger partial charge is 0.244 e. The highest BCUT2D eigenvalue weighted by Gasteiger charge is 2.35. The molecule has 1 aromatic carbocycles. The fourth-order valence-corrected chi connectivity index (χ4v) is 3.46. The van der Waals surface area contributed by atoms with E-state index in [1.165, 1.54) is 6.07 Å². The normalized spacial score (nSPS) is 18.2. The average molecular weight is 311 g/mol. The third-order valence-electron chi connectivity index (χ3n) is 3.95. The lowest BCUT2D eigenvalue weighted by atomic mass is 9.82. The molecule has 0 spiro atoms. The van der Waals surface area contributed by atoms with Gasteiger partial charge in [-0.2, -0.15) is 0 Å². The maximum atomic E-state index is 12.3. The first-order valence-electron chi connectivity index (χ1n) is 6.96. The predicted octanol–water partition coefficient (Wildman–Crippen LogP) is 1.24. The highest BCUT2D eigenvalue weighted by Crippen LogP contribution is 2.28. The molecule has 0 radical (unpaired) electrons. The number of amides is 1. The Balaban J connectivity index is 2.22. The van der Waals surface area contributed by atoms with Crippen LogP contribution in [0.15, 0.2) is 23.1 Å². The zero-order valence-corrected chi connectivity index (χ0v) is 12.9. The average Bonchev–Trinajstić information content (AvgIpc) is 2.40. The van der Waals surface area contributed by atoms with E-state index in [2.05, 4.69) is 5.32 Å². The fourth-order valence-electron chi connectivity index (χ4n) is 2.65. The molecule has 0 atom stereocenters. The van der Waals surface area contributed by atoms with Crippen molar-refractivity contribution in [1.29, 1.82) is 0 Å². The molecule has 1 aliphatic carbocycles. The standard InChI is InChI=1S/C14H21N3O3S/c1-10-5-6-11(9-12(10)21(16,19)20)17-13(18)14(15)7-3-2-4-8-14/h5-6,9H,2-4,7-8,15H2,1H3,(H,17,18)(H2,16,19,20). The molecule has 1 fully saturated rings. The second-order valence-electron chi connectivity index (χ2n) is 5.70. The predicted molar refractivity (Wildman–Crippen MR) is 81.2 cm³/mol. The quantitative estimate of drug-likeness (QED) is 0.779. The van der Waals surface area contributed by atoms with Crippen LogP contribution in [0.2, 0.25) is 0 Å². The van der Waals surface area contributed by atoms with E-state index in [-0.39, 0.29) is 10.8 Å². The summed E-state index contributed by atoms with van der Waals surface area (Å²) in [6, 6.07) is 4.63. The summed E-state index contributed by atoms with van der Waals surface area (Å²) >= 11 is 0. The minimum atomic E-state index is -3.81. The van der Waals surface area contributed by atoms with Crippen molar-refractivity contribution in [2.24, 2.45) is 10.9 Å². The van der Waals surface area contributed by atoms with E-state index in [1.807, 2.05) is 0 Å². The van der Waals surface area contributed by atoms with Crippen LogP contribution < -0.4 is 16.2 Å². The first kappa shape index (κ1) is 15.9. The van der Waals surface area contributed by atoms with E-state index in [0.29, 0.717) is 24.1 Å². The number of hydrogen-bond donors (Lipinski definition) is 3. The summed E-state index contributed by atoms with van der Waals surface area (Å²) in [5.74, 6) is -0.272. The lowest BCUT2D eigenvalue weighted by Gasteiger charge is -2.31. The summed E-state index contributed by atoms with van der Waals surface area (Å²) in [4.78, 5) is 12.3. The number of anilines is 1. The molecule has 116 valence electrons. The van der Waals surface area contributed by atoms with Crippen LogP contribution >= 0.6 is 0 Å². The minimum absolute atomic E-state index is 0.00927. The molecule has 5 N–H and O–H groups in total. The molecule has 0 heterocycles. The molecule has 6 nitrogen and oxygen atoms in total. The van der Waals surface area contributed by atoms with Gasteiger partial charge in [0.05, 0.1) is 10.4 Å². The van der Waals surface area contributed by atoms with Crippen LogP contribution in [0.4, 0.5) is 5.69 Å². The SMILES string of the molecule is Cc1ccc(NC(=O)C2(N)CCCCC2)cc1S(N)(=O)=O. The second-order valence-corrected chi connectivity index (χ2v) is 7.23. The zero-order chi connectivity index (χ0) is 15.7. The van der Waals surface area contributed by atoms with Crippen LogP contribution in [-0.4, -0.2) is 19.9 Å². The molecule has 2 rings (SSSR count). The highest BCUT2D eigenvalue weighted by molar-refractivity contribution is 7.89. The molecule has 1 aliphatic rings. The van der Waals surface area contributed by atoms with Gasteiger partial charge in [-0.1, -0.05) is 25.3 Å². The van der Waals surface area contributed by atoms with E-state index in [0.717, 1.165) is 19.3 Å². The van der Waals surface area contributed by atoms with E-state index in [4.69, 9.17) is 10.9 Å². The monoisotopic (exact) mass is 311 g/mol. The summed E-state index contributed by atoms with van der Waals surface area (Å²) in [5.41, 5.74) is 6.21. The number of carbonyl (C=O) groups excluding carboxylic acids is 1. The number of aryl methyl sites for hydroxylation is 1. The van der Waals surface area contributed by atoms with Crippen molar-refractivity contribution >= 4 is 21.6 Å². The molecule has 21 heavy (non-hydrogen) atoms. The molecular formula is C14H21N3O3S. The van der Waals surface area contributed by atoms with Crippen molar-refractivity contribution in [2.45, 2.75) is 49.5 Å². The first-order valence-corrected chi connectivity index (χ1v) is 8.51. The van der Waals surface area contributed by atoms with Crippen LogP contribution in [0.3, 0.4) is 0 Å². The van der Waals surface area contributed by atoms with Gasteiger partial charge in [0.2, 0.25) is 15.9 Å². The van der Waals surface area contributed by atoms with Crippen molar-refractivity contribution in [2.75, 3.05) is 5.32 Å². The number of hydrogen-bond acceptors (Lipinski definition) is 4. The second kappa shape index (κ2) is 5.75. The Morgan fingerprint density at radius 1 is 1.24 bits per heavy atom. The molecule has 1 aromatic rings. The Morgan fingerprint density at radius 3 is 2.43 bits per heavy atom. The van der Waals surface area contributed by atoms with Gasteiger partial charge in [0.25, 0.3) is 0 Å². The van der Waals surface area contributed by atoms with Gasteiger partial charge in [0.15, 0.2) is 0 Å². The molecule has 7 heteroatoms. The lowest BCUT2D eigenvalue weighted by molar-refractivity contribution is -0.122. The summed E-state index contributed by atoms with van der Waals surface area (Å²) in [6.07, 6.45) is 4.24. The number of sulfonamides is 1. The maximum absolute atomic E-state index is 12.3. The fraction of sp³-hybridized carbons (Fsp3) is 0.500. The van der Waals surface area contributed by atoms with E-state index in [1.54, 1.807) is 19.1 Å². The van der Waals surface area contributed by atoms with Gasteiger partial charge in [-0.3, -0.25) is 4.79 Å². The molecule has 1 amide bonds. The van der Waals surface area contributed by atoms with Gasteiger partial charge < -0.3 is 11.1 Å². The number of nitrogens with one attached hydrogen (secondary N) is 1. The van der Waals surface area contributed by atoms with Crippen molar-refractivity contribution < 1.29 is 13.2 Å². The Labute approximate surface area is 124 Å². The minimum Gasteiger partial charge on any atom is -0.324 e. The van der Waals surface area contributed by atoms with Gasteiger partial charge in [0.1, 0.15) is 0 Å². The van der Waals surface area contributed by atoms with Gasteiger partial charge in [-0.25, -0.2) is 13.6 Å². The Morgan fingerprint density at radius 2 is 1.86 bits per heavy atom. The molecule has 0 aliphatic heterocycles. The summed E-state index contributed by atoms with van der Waals surface area (Å²) in [6.45, 7) is 1.65. The number of carbonyl (C=O) groups is 1. The third-order valence-corrected chi connectivity index (χ3v) is 5.00. The molecular weight excluding hydrogens is 290 g/mol. The summed E-state index contributed by atoms with van der Waals surface area (Å²) in [7, 11) is -3.81. The van der Waals surface area contributed by atoms with Gasteiger partial charge >= 0.3 is 0 Å². The van der Waals surface area contributed by atoms with Crippen molar-refractivity contribution in [1.82, 2.24) is 0 Å².